The fraction of sp³-hybridized carbons (Fsp3) is 0.500. The largest absolute Gasteiger partial charge is 0.480 e. The monoisotopic (exact) mass is 352 g/mol. The minimum absolute atomic E-state index is 0.328. The van der Waals surface area contributed by atoms with E-state index in [2.05, 4.69) is 4.98 Å². The third-order valence-corrected chi connectivity index (χ3v) is 3.68. The van der Waals surface area contributed by atoms with Crippen LogP contribution in [0.2, 0.25) is 0 Å². The van der Waals surface area contributed by atoms with E-state index in [0.717, 1.165) is 4.57 Å². The van der Waals surface area contributed by atoms with Crippen LogP contribution in [0.15, 0.2) is 9.59 Å². The van der Waals surface area contributed by atoms with Gasteiger partial charge in [-0.05, 0) is 35.4 Å². The maximum Gasteiger partial charge on any atom is 0.329 e. The predicted octanol–water partition coefficient (Wildman–Crippen LogP) is 0.731. The molecular weight excluding hydrogens is 339 g/mol. The number of nitrogens with one attached hydrogen (secondary N) is 1. The zero-order valence-corrected chi connectivity index (χ0v) is 11.8. The molecule has 0 amide bonds. The van der Waals surface area contributed by atoms with Gasteiger partial charge in [-0.2, -0.15) is 0 Å². The summed E-state index contributed by atoms with van der Waals surface area (Å²) in [6.45, 7) is 4.90. The SMILES string of the molecule is Cc1[nH]c(=O)n([C@H](C(=O)O)C(C)C)c(=O)c1I. The first-order valence-electron chi connectivity index (χ1n) is 5.01. The van der Waals surface area contributed by atoms with Gasteiger partial charge in [0.2, 0.25) is 0 Å². The molecule has 0 unspecified atom stereocenters. The first kappa shape index (κ1) is 13.9. The average Bonchev–Trinajstić information content (AvgIpc) is 2.19. The van der Waals surface area contributed by atoms with Crippen LogP contribution in [0.3, 0.4) is 0 Å². The number of aliphatic carboxylic acids is 1. The summed E-state index contributed by atoms with van der Waals surface area (Å²) in [5.41, 5.74) is -0.799. The summed E-state index contributed by atoms with van der Waals surface area (Å²) in [5.74, 6) is -1.54. The molecule has 6 nitrogen and oxygen atoms in total. The average molecular weight is 352 g/mol. The third-order valence-electron chi connectivity index (χ3n) is 2.41. The summed E-state index contributed by atoms with van der Waals surface area (Å²) in [7, 11) is 0. The Kier molecular flexibility index (Phi) is 4.12. The van der Waals surface area contributed by atoms with E-state index in [1.807, 2.05) is 0 Å². The van der Waals surface area contributed by atoms with Crippen LogP contribution in [0.4, 0.5) is 0 Å². The molecule has 0 aromatic carbocycles. The van der Waals surface area contributed by atoms with Crippen LogP contribution in [0.25, 0.3) is 0 Å². The standard InChI is InChI=1S/C10H13IN2O4/c1-4(2)7(9(15)16)13-8(14)6(11)5(3)12-10(13)17/h4,7H,1-3H3,(H,12,17)(H,15,16)/t7-/m0/s1. The van der Waals surface area contributed by atoms with Crippen molar-refractivity contribution in [3.8, 4) is 0 Å². The molecule has 1 atom stereocenters. The van der Waals surface area contributed by atoms with Crippen LogP contribution in [-0.4, -0.2) is 20.6 Å². The highest BCUT2D eigenvalue weighted by atomic mass is 127. The number of H-pyrrole nitrogens is 1. The Hall–Kier alpha value is -1.12. The second kappa shape index (κ2) is 5.03. The highest BCUT2D eigenvalue weighted by Crippen LogP contribution is 2.14. The Morgan fingerprint density at radius 1 is 1.41 bits per heavy atom. The van der Waals surface area contributed by atoms with Gasteiger partial charge in [0, 0.05) is 5.69 Å². The molecule has 0 saturated heterocycles. The molecule has 0 fully saturated rings. The zero-order chi connectivity index (χ0) is 13.3. The van der Waals surface area contributed by atoms with E-state index < -0.39 is 23.3 Å². The van der Waals surface area contributed by atoms with E-state index in [4.69, 9.17) is 5.11 Å². The van der Waals surface area contributed by atoms with Crippen molar-refractivity contribution in [2.24, 2.45) is 5.92 Å². The summed E-state index contributed by atoms with van der Waals surface area (Å²) >= 11 is 1.79. The molecule has 1 rings (SSSR count). The van der Waals surface area contributed by atoms with Crippen molar-refractivity contribution in [3.05, 3.63) is 30.1 Å². The molecule has 1 aromatic heterocycles. The van der Waals surface area contributed by atoms with Gasteiger partial charge in [-0.25, -0.2) is 14.2 Å². The maximum atomic E-state index is 11.9. The van der Waals surface area contributed by atoms with E-state index >= 15 is 0 Å². The van der Waals surface area contributed by atoms with E-state index in [0.29, 0.717) is 9.26 Å². The first-order valence-corrected chi connectivity index (χ1v) is 6.09. The van der Waals surface area contributed by atoms with Gasteiger partial charge >= 0.3 is 11.7 Å². The number of carbonyl (C=O) groups is 1. The van der Waals surface area contributed by atoms with Crippen molar-refractivity contribution in [1.82, 2.24) is 9.55 Å². The number of carboxylic acids is 1. The lowest BCUT2D eigenvalue weighted by Crippen LogP contribution is -2.44. The number of aromatic nitrogens is 2. The molecule has 0 saturated carbocycles. The molecule has 0 aliphatic rings. The van der Waals surface area contributed by atoms with Crippen molar-refractivity contribution in [1.29, 1.82) is 0 Å². The summed E-state index contributed by atoms with van der Waals surface area (Å²) in [6.07, 6.45) is 0. The molecule has 1 aromatic rings. The van der Waals surface area contributed by atoms with E-state index in [-0.39, 0.29) is 5.92 Å². The van der Waals surface area contributed by atoms with Crippen molar-refractivity contribution in [2.75, 3.05) is 0 Å². The number of hydrogen-bond acceptors (Lipinski definition) is 3. The predicted molar refractivity (Wildman–Crippen MR) is 70.3 cm³/mol. The second-order valence-electron chi connectivity index (χ2n) is 4.07. The lowest BCUT2D eigenvalue weighted by molar-refractivity contribution is -0.142. The van der Waals surface area contributed by atoms with E-state index in [1.54, 1.807) is 43.4 Å². The topological polar surface area (TPSA) is 92.2 Å². The van der Waals surface area contributed by atoms with Gasteiger partial charge in [0.25, 0.3) is 5.56 Å². The second-order valence-corrected chi connectivity index (χ2v) is 5.15. The van der Waals surface area contributed by atoms with Gasteiger partial charge in [0.1, 0.15) is 6.04 Å². The zero-order valence-electron chi connectivity index (χ0n) is 9.65. The first-order chi connectivity index (χ1) is 7.77. The number of rotatable bonds is 3. The van der Waals surface area contributed by atoms with Crippen molar-refractivity contribution >= 4 is 28.6 Å². The maximum absolute atomic E-state index is 11.9. The Labute approximate surface area is 111 Å². The number of carboxylic acid groups (broad SMARTS) is 1. The molecule has 94 valence electrons. The van der Waals surface area contributed by atoms with Crippen LogP contribution in [-0.2, 0) is 4.79 Å². The normalized spacial score (nSPS) is 12.8. The molecule has 0 aliphatic carbocycles. The summed E-state index contributed by atoms with van der Waals surface area (Å²) in [6, 6.07) is -1.15. The third kappa shape index (κ3) is 2.59. The van der Waals surface area contributed by atoms with Crippen LogP contribution in [0, 0.1) is 16.4 Å². The fourth-order valence-electron chi connectivity index (χ4n) is 1.58. The minimum atomic E-state index is -1.19. The molecule has 0 bridgehead atoms. The Morgan fingerprint density at radius 3 is 2.35 bits per heavy atom. The number of hydrogen-bond donors (Lipinski definition) is 2. The molecular formula is C10H13IN2O4. The molecule has 0 spiro atoms. The van der Waals surface area contributed by atoms with Gasteiger partial charge in [-0.15, -0.1) is 0 Å². The summed E-state index contributed by atoms with van der Waals surface area (Å²) < 4.78 is 1.09. The van der Waals surface area contributed by atoms with Gasteiger partial charge in [0.05, 0.1) is 3.57 Å². The van der Waals surface area contributed by atoms with Gasteiger partial charge in [0.15, 0.2) is 0 Å². The van der Waals surface area contributed by atoms with Gasteiger partial charge in [-0.1, -0.05) is 13.8 Å². The van der Waals surface area contributed by atoms with Crippen LogP contribution < -0.4 is 11.2 Å². The molecule has 17 heavy (non-hydrogen) atoms. The van der Waals surface area contributed by atoms with Crippen LogP contribution >= 0.6 is 22.6 Å². The smallest absolute Gasteiger partial charge is 0.329 e. The number of aromatic amines is 1. The molecule has 1 heterocycles. The Bertz CT molecular complexity index is 558. The lowest BCUT2D eigenvalue weighted by Gasteiger charge is -2.18. The molecule has 0 aliphatic heterocycles. The van der Waals surface area contributed by atoms with Crippen molar-refractivity contribution in [2.45, 2.75) is 26.8 Å². The van der Waals surface area contributed by atoms with Crippen molar-refractivity contribution < 1.29 is 9.90 Å². The molecule has 2 N–H and O–H groups in total. The lowest BCUT2D eigenvalue weighted by atomic mass is 10.0. The van der Waals surface area contributed by atoms with Gasteiger partial charge in [-0.3, -0.25) is 4.79 Å². The highest BCUT2D eigenvalue weighted by molar-refractivity contribution is 14.1. The number of nitrogens with zero attached hydrogens (tertiary/aromatic N) is 1. The van der Waals surface area contributed by atoms with Crippen molar-refractivity contribution in [3.63, 3.8) is 0 Å². The quantitative estimate of drug-likeness (QED) is 0.785. The Morgan fingerprint density at radius 2 is 1.94 bits per heavy atom. The molecule has 0 radical (unpaired) electrons. The van der Waals surface area contributed by atoms with E-state index in [9.17, 15) is 14.4 Å². The Balaban J connectivity index is 3.61. The van der Waals surface area contributed by atoms with Crippen LogP contribution in [0.5, 0.6) is 0 Å². The summed E-state index contributed by atoms with van der Waals surface area (Å²) in [4.78, 5) is 37.2. The number of halogens is 1. The minimum Gasteiger partial charge on any atom is -0.480 e. The number of aryl methyl sites for hydroxylation is 1. The summed E-state index contributed by atoms with van der Waals surface area (Å²) in [5, 5.41) is 9.09. The van der Waals surface area contributed by atoms with Gasteiger partial charge < -0.3 is 10.1 Å². The highest BCUT2D eigenvalue weighted by Gasteiger charge is 2.27. The van der Waals surface area contributed by atoms with E-state index in [1.165, 1.54) is 0 Å². The van der Waals surface area contributed by atoms with Crippen LogP contribution in [0.1, 0.15) is 25.6 Å². The molecule has 7 heteroatoms. The fourth-order valence-corrected chi connectivity index (χ4v) is 1.97.